The average Bonchev–Trinajstić information content (AvgIpc) is 2.55. The molecule has 0 aromatic heterocycles. The number of anilines is 2. The van der Waals surface area contributed by atoms with Gasteiger partial charge in [-0.3, -0.25) is 0 Å². The third-order valence-electron chi connectivity index (χ3n) is 3.50. The highest BCUT2D eigenvalue weighted by molar-refractivity contribution is 6.06. The molecule has 0 spiro atoms. The molecule has 3 aromatic carbocycles. The van der Waals surface area contributed by atoms with Gasteiger partial charge in [0.1, 0.15) is 5.75 Å². The molecule has 0 aliphatic heterocycles. The topological polar surface area (TPSA) is 58.6 Å². The molecule has 0 saturated heterocycles. The summed E-state index contributed by atoms with van der Waals surface area (Å²) in [5, 5.41) is 14.5. The largest absolute Gasteiger partial charge is 0.497 e. The van der Waals surface area contributed by atoms with Crippen LogP contribution in [0.1, 0.15) is 10.4 Å². The minimum atomic E-state index is -0.962. The monoisotopic (exact) mass is 293 g/mol. The lowest BCUT2D eigenvalue weighted by molar-refractivity contribution is 0.0698. The van der Waals surface area contributed by atoms with E-state index in [0.29, 0.717) is 11.4 Å². The molecule has 22 heavy (non-hydrogen) atoms. The van der Waals surface area contributed by atoms with E-state index in [1.54, 1.807) is 13.2 Å². The van der Waals surface area contributed by atoms with Crippen molar-refractivity contribution >= 4 is 28.1 Å². The van der Waals surface area contributed by atoms with Gasteiger partial charge in [-0.15, -0.1) is 0 Å². The van der Waals surface area contributed by atoms with Crippen LogP contribution in [0.2, 0.25) is 0 Å². The Morgan fingerprint density at radius 2 is 1.86 bits per heavy atom. The molecule has 0 aliphatic carbocycles. The third-order valence-corrected chi connectivity index (χ3v) is 3.50. The van der Waals surface area contributed by atoms with E-state index in [0.717, 1.165) is 16.5 Å². The first kappa shape index (κ1) is 13.9. The van der Waals surface area contributed by atoms with Crippen LogP contribution in [0.25, 0.3) is 10.8 Å². The van der Waals surface area contributed by atoms with Crippen molar-refractivity contribution in [1.29, 1.82) is 0 Å². The summed E-state index contributed by atoms with van der Waals surface area (Å²) in [6.07, 6.45) is 0. The zero-order valence-electron chi connectivity index (χ0n) is 12.0. The fraction of sp³-hybridized carbons (Fsp3) is 0.0556. The Morgan fingerprint density at radius 1 is 1.05 bits per heavy atom. The summed E-state index contributed by atoms with van der Waals surface area (Å²) in [5.74, 6) is -0.252. The van der Waals surface area contributed by atoms with Crippen LogP contribution in [-0.4, -0.2) is 18.2 Å². The van der Waals surface area contributed by atoms with E-state index >= 15 is 0 Å². The molecule has 0 amide bonds. The number of rotatable bonds is 4. The number of benzene rings is 3. The van der Waals surface area contributed by atoms with Gasteiger partial charge in [-0.1, -0.05) is 36.4 Å². The van der Waals surface area contributed by atoms with E-state index in [-0.39, 0.29) is 5.56 Å². The van der Waals surface area contributed by atoms with Crippen molar-refractivity contribution in [3.8, 4) is 5.75 Å². The molecule has 4 nitrogen and oxygen atoms in total. The Hall–Kier alpha value is -3.01. The number of aromatic carboxylic acids is 1. The highest BCUT2D eigenvalue weighted by atomic mass is 16.5. The van der Waals surface area contributed by atoms with Crippen molar-refractivity contribution < 1.29 is 14.6 Å². The second-order valence-electron chi connectivity index (χ2n) is 4.87. The van der Waals surface area contributed by atoms with Crippen molar-refractivity contribution in [2.24, 2.45) is 0 Å². The molecule has 0 unspecified atom stereocenters. The molecule has 0 heterocycles. The van der Waals surface area contributed by atoms with E-state index in [1.165, 1.54) is 0 Å². The summed E-state index contributed by atoms with van der Waals surface area (Å²) in [7, 11) is 1.60. The minimum absolute atomic E-state index is 0.238. The predicted molar refractivity (Wildman–Crippen MR) is 87.2 cm³/mol. The van der Waals surface area contributed by atoms with Crippen LogP contribution < -0.4 is 10.1 Å². The summed E-state index contributed by atoms with van der Waals surface area (Å²) >= 11 is 0. The molecular formula is C18H15NO3. The molecule has 0 aliphatic rings. The zero-order chi connectivity index (χ0) is 15.5. The number of ether oxygens (including phenoxy) is 1. The average molecular weight is 293 g/mol. The van der Waals surface area contributed by atoms with Gasteiger partial charge >= 0.3 is 5.97 Å². The summed E-state index contributed by atoms with van der Waals surface area (Å²) in [6, 6.07) is 18.5. The van der Waals surface area contributed by atoms with Gasteiger partial charge in [-0.05, 0) is 23.6 Å². The predicted octanol–water partition coefficient (Wildman–Crippen LogP) is 4.29. The number of hydrogen-bond donors (Lipinski definition) is 2. The first-order chi connectivity index (χ1) is 10.7. The highest BCUT2D eigenvalue weighted by Gasteiger charge is 2.13. The number of carbonyl (C=O) groups is 1. The summed E-state index contributed by atoms with van der Waals surface area (Å²) < 4.78 is 5.20. The minimum Gasteiger partial charge on any atom is -0.497 e. The standard InChI is InChI=1S/C18H15NO3/c1-22-14-7-4-6-13(11-14)19-17-15-8-3-2-5-12(15)9-10-16(17)18(20)21/h2-11,19H,1H3,(H,20,21). The van der Waals surface area contributed by atoms with Crippen LogP contribution in [-0.2, 0) is 0 Å². The van der Waals surface area contributed by atoms with Crippen LogP contribution in [0.5, 0.6) is 5.75 Å². The van der Waals surface area contributed by atoms with Crippen LogP contribution in [0.3, 0.4) is 0 Å². The first-order valence-corrected chi connectivity index (χ1v) is 6.85. The Kier molecular flexibility index (Phi) is 3.66. The van der Waals surface area contributed by atoms with Gasteiger partial charge in [-0.2, -0.15) is 0 Å². The maximum absolute atomic E-state index is 11.5. The van der Waals surface area contributed by atoms with Crippen LogP contribution >= 0.6 is 0 Å². The van der Waals surface area contributed by atoms with Gasteiger partial charge in [0.2, 0.25) is 0 Å². The van der Waals surface area contributed by atoms with Gasteiger partial charge in [0.05, 0.1) is 18.4 Å². The molecule has 0 bridgehead atoms. The summed E-state index contributed by atoms with van der Waals surface area (Å²) in [4.78, 5) is 11.5. The van der Waals surface area contributed by atoms with Crippen molar-refractivity contribution in [3.63, 3.8) is 0 Å². The van der Waals surface area contributed by atoms with E-state index < -0.39 is 5.97 Å². The highest BCUT2D eigenvalue weighted by Crippen LogP contribution is 2.31. The van der Waals surface area contributed by atoms with Crippen molar-refractivity contribution in [1.82, 2.24) is 0 Å². The number of fused-ring (bicyclic) bond motifs is 1. The summed E-state index contributed by atoms with van der Waals surface area (Å²) in [5.41, 5.74) is 1.60. The maximum Gasteiger partial charge on any atom is 0.337 e. The normalized spacial score (nSPS) is 10.4. The molecule has 4 heteroatoms. The SMILES string of the molecule is COc1cccc(Nc2c(C(=O)O)ccc3ccccc23)c1. The lowest BCUT2D eigenvalue weighted by Gasteiger charge is -2.13. The van der Waals surface area contributed by atoms with Crippen LogP contribution in [0, 0.1) is 0 Å². The summed E-state index contributed by atoms with van der Waals surface area (Å²) in [6.45, 7) is 0. The molecule has 3 rings (SSSR count). The fourth-order valence-electron chi connectivity index (χ4n) is 2.43. The molecule has 0 radical (unpaired) electrons. The Morgan fingerprint density at radius 3 is 2.64 bits per heavy atom. The smallest absolute Gasteiger partial charge is 0.337 e. The first-order valence-electron chi connectivity index (χ1n) is 6.85. The lowest BCUT2D eigenvalue weighted by atomic mass is 10.0. The van der Waals surface area contributed by atoms with E-state index in [9.17, 15) is 9.90 Å². The number of carboxylic acid groups (broad SMARTS) is 1. The lowest BCUT2D eigenvalue weighted by Crippen LogP contribution is -2.03. The van der Waals surface area contributed by atoms with E-state index in [4.69, 9.17) is 4.74 Å². The van der Waals surface area contributed by atoms with Crippen molar-refractivity contribution in [3.05, 3.63) is 66.2 Å². The van der Waals surface area contributed by atoms with Gasteiger partial charge in [0.25, 0.3) is 0 Å². The number of hydrogen-bond acceptors (Lipinski definition) is 3. The molecule has 0 atom stereocenters. The van der Waals surface area contributed by atoms with Crippen molar-refractivity contribution in [2.75, 3.05) is 12.4 Å². The molecule has 0 fully saturated rings. The quantitative estimate of drug-likeness (QED) is 0.753. The van der Waals surface area contributed by atoms with Gasteiger partial charge in [0, 0.05) is 17.1 Å². The van der Waals surface area contributed by atoms with E-state index in [2.05, 4.69) is 5.32 Å². The molecule has 2 N–H and O–H groups in total. The van der Waals surface area contributed by atoms with Crippen LogP contribution in [0.4, 0.5) is 11.4 Å². The Labute approximate surface area is 128 Å². The Balaban J connectivity index is 2.15. The second-order valence-corrected chi connectivity index (χ2v) is 4.87. The number of nitrogens with one attached hydrogen (secondary N) is 1. The van der Waals surface area contributed by atoms with Gasteiger partial charge in [-0.25, -0.2) is 4.79 Å². The van der Waals surface area contributed by atoms with Crippen molar-refractivity contribution in [2.45, 2.75) is 0 Å². The number of carboxylic acids is 1. The molecule has 3 aromatic rings. The van der Waals surface area contributed by atoms with Gasteiger partial charge in [0.15, 0.2) is 0 Å². The molecule has 0 saturated carbocycles. The molecule has 110 valence electrons. The Bertz CT molecular complexity index is 843. The van der Waals surface area contributed by atoms with E-state index in [1.807, 2.05) is 54.6 Å². The van der Waals surface area contributed by atoms with Gasteiger partial charge < -0.3 is 15.2 Å². The maximum atomic E-state index is 11.5. The fourth-order valence-corrected chi connectivity index (χ4v) is 2.43. The zero-order valence-corrected chi connectivity index (χ0v) is 12.0. The van der Waals surface area contributed by atoms with Crippen LogP contribution in [0.15, 0.2) is 60.7 Å². The third kappa shape index (κ3) is 2.59. The number of methoxy groups -OCH3 is 1. The molecular weight excluding hydrogens is 278 g/mol. The second kappa shape index (κ2) is 5.77.